The third-order valence-corrected chi connectivity index (χ3v) is 2.83. The Kier molecular flexibility index (Phi) is 15.4. The molecule has 0 aliphatic carbocycles. The fourth-order valence-electron chi connectivity index (χ4n) is 1.06. The van der Waals surface area contributed by atoms with E-state index in [2.05, 4.69) is 0 Å². The summed E-state index contributed by atoms with van der Waals surface area (Å²) in [5.41, 5.74) is -2.32. The molecule has 20 heavy (non-hydrogen) atoms. The fourth-order valence-corrected chi connectivity index (χ4v) is 1.06. The number of aliphatic hydroxyl groups is 6. The lowest BCUT2D eigenvalue weighted by Crippen LogP contribution is -2.43. The fraction of sp³-hybridized carbons (Fsp3) is 1.00. The van der Waals surface area contributed by atoms with Gasteiger partial charge in [-0.1, -0.05) is 22.5 Å². The summed E-state index contributed by atoms with van der Waals surface area (Å²) >= 11 is 9.58. The van der Waals surface area contributed by atoms with Crippen LogP contribution >= 0.6 is 29.8 Å². The van der Waals surface area contributed by atoms with Gasteiger partial charge in [-0.25, -0.2) is 0 Å². The largest absolute Gasteiger partial charge is 0.396 e. The average Bonchev–Trinajstić information content (AvgIpc) is 2.50. The minimum Gasteiger partial charge on any atom is -0.396 e. The molecule has 0 aromatic rings. The van der Waals surface area contributed by atoms with E-state index in [0.717, 1.165) is 0 Å². The number of ether oxygens (including phenoxy) is 1. The van der Waals surface area contributed by atoms with Crippen molar-refractivity contribution in [3.05, 3.63) is 0 Å². The molecule has 0 aromatic carbocycles. The van der Waals surface area contributed by atoms with Crippen LogP contribution in [0.5, 0.6) is 0 Å². The van der Waals surface area contributed by atoms with Gasteiger partial charge in [-0.05, 0) is 0 Å². The number of aliphatic hydroxyl groups excluding tert-OH is 6. The van der Waals surface area contributed by atoms with Crippen molar-refractivity contribution in [2.75, 3.05) is 52.9 Å². The number of halogens is 2. The first-order chi connectivity index (χ1) is 9.49. The maximum Gasteiger partial charge on any atom is 0.0713 e. The van der Waals surface area contributed by atoms with E-state index in [1.807, 2.05) is 0 Å². The summed E-state index contributed by atoms with van der Waals surface area (Å²) in [5, 5.41) is 54.2. The van der Waals surface area contributed by atoms with Gasteiger partial charge in [0.15, 0.2) is 0 Å². The summed E-state index contributed by atoms with van der Waals surface area (Å²) in [6, 6.07) is 0. The van der Waals surface area contributed by atoms with Gasteiger partial charge in [0.1, 0.15) is 0 Å². The molecule has 0 spiro atoms. The Morgan fingerprint density at radius 3 is 1.00 bits per heavy atom. The van der Waals surface area contributed by atoms with Gasteiger partial charge in [-0.3, -0.25) is 0 Å². The average molecular weight is 357 g/mol. The Balaban J connectivity index is 0. The second kappa shape index (κ2) is 13.4. The highest BCUT2D eigenvalue weighted by molar-refractivity contribution is 7.90. The maximum absolute atomic E-state index is 9.03. The molecule has 0 aromatic heterocycles. The normalized spacial score (nSPS) is 12.0. The summed E-state index contributed by atoms with van der Waals surface area (Å²) < 4.78 is 5.15. The van der Waals surface area contributed by atoms with Gasteiger partial charge in [-0.15, -0.1) is 0 Å². The van der Waals surface area contributed by atoms with Crippen LogP contribution in [0, 0.1) is 10.8 Å². The molecule has 0 fully saturated rings. The molecular weight excluding hydrogens is 334 g/mol. The third-order valence-electron chi connectivity index (χ3n) is 2.83. The molecule has 0 heterocycles. The molecule has 0 saturated carbocycles. The Morgan fingerprint density at radius 2 is 0.850 bits per heavy atom. The second-order valence-corrected chi connectivity index (χ2v) is 6.37. The Hall–Kier alpha value is 0.730. The molecule has 0 atom stereocenters. The zero-order valence-corrected chi connectivity index (χ0v) is 13.5. The van der Waals surface area contributed by atoms with Crippen LogP contribution in [0.1, 0.15) is 0 Å². The Bertz CT molecular complexity index is 179. The molecule has 0 radical (unpaired) electrons. The summed E-state index contributed by atoms with van der Waals surface area (Å²) in [6.45, 7) is -3.01. The molecule has 0 rings (SSSR count). The van der Waals surface area contributed by atoms with Crippen molar-refractivity contribution in [3.63, 3.8) is 0 Å². The molecule has 7 nitrogen and oxygen atoms in total. The van der Waals surface area contributed by atoms with Crippen LogP contribution in [0.4, 0.5) is 0 Å². The quantitative estimate of drug-likeness (QED) is 0.274. The molecule has 0 unspecified atom stereocenters. The monoisotopic (exact) mass is 356 g/mol. The van der Waals surface area contributed by atoms with Gasteiger partial charge in [0.25, 0.3) is 0 Å². The van der Waals surface area contributed by atoms with Crippen LogP contribution in [0.15, 0.2) is 0 Å². The van der Waals surface area contributed by atoms with Crippen LogP contribution in [0.3, 0.4) is 0 Å². The van der Waals surface area contributed by atoms with Crippen molar-refractivity contribution < 1.29 is 35.4 Å². The molecule has 0 saturated heterocycles. The van der Waals surface area contributed by atoms with E-state index in [0.29, 0.717) is 0 Å². The standard InChI is InChI=1S/C10H22O7.Cl2HP/c11-1-9(2-12,3-13)7-17-8-10(4-14,5-15)6-16;1-3-2/h11-16H,1-8H2;3H. The predicted octanol–water partition coefficient (Wildman–Crippen LogP) is -1.10. The number of rotatable bonds is 10. The van der Waals surface area contributed by atoms with E-state index in [-0.39, 0.29) is 20.5 Å². The molecule has 6 N–H and O–H groups in total. The van der Waals surface area contributed by atoms with Crippen molar-refractivity contribution in [2.45, 2.75) is 0 Å². The van der Waals surface area contributed by atoms with Crippen molar-refractivity contribution in [1.29, 1.82) is 0 Å². The van der Waals surface area contributed by atoms with E-state index >= 15 is 0 Å². The molecule has 0 amide bonds. The highest BCUT2D eigenvalue weighted by Crippen LogP contribution is 2.20. The van der Waals surface area contributed by atoms with Crippen LogP contribution in [0.25, 0.3) is 0 Å². The first-order valence-electron chi connectivity index (χ1n) is 5.68. The van der Waals surface area contributed by atoms with Crippen molar-refractivity contribution in [2.24, 2.45) is 10.8 Å². The number of hydrogen-bond acceptors (Lipinski definition) is 7. The van der Waals surface area contributed by atoms with Crippen molar-refractivity contribution in [1.82, 2.24) is 0 Å². The van der Waals surface area contributed by atoms with Crippen molar-refractivity contribution >= 4 is 29.8 Å². The van der Waals surface area contributed by atoms with Gasteiger partial charge in [0.05, 0.1) is 71.0 Å². The van der Waals surface area contributed by atoms with Gasteiger partial charge in [-0.2, -0.15) is 0 Å². The van der Waals surface area contributed by atoms with Gasteiger partial charge < -0.3 is 35.4 Å². The third kappa shape index (κ3) is 8.24. The predicted molar refractivity (Wildman–Crippen MR) is 78.2 cm³/mol. The summed E-state index contributed by atoms with van der Waals surface area (Å²) in [7, 11) is 0.0278. The molecular formula is C10H23Cl2O7P. The second-order valence-electron chi connectivity index (χ2n) is 4.51. The van der Waals surface area contributed by atoms with Crippen LogP contribution in [0.2, 0.25) is 0 Å². The SMILES string of the molecule is ClPCl.OCC(CO)(CO)COCC(CO)(CO)CO. The van der Waals surface area contributed by atoms with E-state index in [1.165, 1.54) is 0 Å². The molecule has 124 valence electrons. The Morgan fingerprint density at radius 1 is 0.650 bits per heavy atom. The first-order valence-corrected chi connectivity index (χ1v) is 8.70. The van der Waals surface area contributed by atoms with Gasteiger partial charge >= 0.3 is 0 Å². The molecule has 10 heteroatoms. The molecule has 0 aliphatic heterocycles. The summed E-state index contributed by atoms with van der Waals surface area (Å²) in [6.07, 6.45) is 0. The van der Waals surface area contributed by atoms with Crippen LogP contribution < -0.4 is 0 Å². The highest BCUT2D eigenvalue weighted by Gasteiger charge is 2.32. The number of hydrogen-bond donors (Lipinski definition) is 6. The first kappa shape index (κ1) is 23.0. The lowest BCUT2D eigenvalue weighted by molar-refractivity contribution is -0.103. The smallest absolute Gasteiger partial charge is 0.0713 e. The van der Waals surface area contributed by atoms with Crippen molar-refractivity contribution in [3.8, 4) is 0 Å². The zero-order chi connectivity index (χ0) is 16.1. The lowest BCUT2D eigenvalue weighted by atomic mass is 9.91. The zero-order valence-electron chi connectivity index (χ0n) is 11.0. The topological polar surface area (TPSA) is 131 Å². The van der Waals surface area contributed by atoms with E-state index in [4.69, 9.17) is 57.9 Å². The maximum atomic E-state index is 9.03. The Labute approximate surface area is 129 Å². The summed E-state index contributed by atoms with van der Waals surface area (Å²) in [5.74, 6) is 0. The van der Waals surface area contributed by atoms with Crippen LogP contribution in [-0.4, -0.2) is 83.5 Å². The highest BCUT2D eigenvalue weighted by atomic mass is 35.9. The molecule has 0 bridgehead atoms. The summed E-state index contributed by atoms with van der Waals surface area (Å²) in [4.78, 5) is 0. The van der Waals surface area contributed by atoms with E-state index in [9.17, 15) is 0 Å². The van der Waals surface area contributed by atoms with E-state index < -0.39 is 50.5 Å². The lowest BCUT2D eigenvalue weighted by Gasteiger charge is -2.31. The minimum absolute atomic E-state index is 0.0278. The van der Waals surface area contributed by atoms with Gasteiger partial charge in [0, 0.05) is 0 Å². The van der Waals surface area contributed by atoms with Gasteiger partial charge in [0.2, 0.25) is 0 Å². The molecule has 0 aliphatic rings. The van der Waals surface area contributed by atoms with Crippen LogP contribution in [-0.2, 0) is 4.74 Å². The minimum atomic E-state index is -1.16. The van der Waals surface area contributed by atoms with E-state index in [1.54, 1.807) is 0 Å².